The van der Waals surface area contributed by atoms with Crippen LogP contribution >= 0.6 is 23.2 Å². The van der Waals surface area contributed by atoms with Crippen LogP contribution in [0.2, 0.25) is 10.0 Å². The third kappa shape index (κ3) is 5.88. The number of anilines is 1. The van der Waals surface area contributed by atoms with E-state index in [9.17, 15) is 13.2 Å². The summed E-state index contributed by atoms with van der Waals surface area (Å²) in [4.78, 5) is 13.0. The van der Waals surface area contributed by atoms with Crippen LogP contribution in [-0.2, 0) is 21.2 Å². The monoisotopic (exact) mass is 504 g/mol. The van der Waals surface area contributed by atoms with Crippen LogP contribution in [0, 0.1) is 6.92 Å². The molecule has 0 unspecified atom stereocenters. The number of hydrogen-bond acceptors (Lipinski definition) is 3. The van der Waals surface area contributed by atoms with Gasteiger partial charge in [-0.2, -0.15) is 0 Å². The average Bonchev–Trinajstić information content (AvgIpc) is 2.79. The van der Waals surface area contributed by atoms with E-state index in [1.807, 2.05) is 38.1 Å². The van der Waals surface area contributed by atoms with Crippen LogP contribution in [0.5, 0.6) is 0 Å². The highest BCUT2D eigenvalue weighted by molar-refractivity contribution is 7.92. The molecule has 0 aliphatic carbocycles. The van der Waals surface area contributed by atoms with E-state index in [0.717, 1.165) is 21.9 Å². The molecular weight excluding hydrogens is 479 g/mol. The lowest BCUT2D eigenvalue weighted by Crippen LogP contribution is -2.41. The molecule has 0 saturated heterocycles. The van der Waals surface area contributed by atoms with Gasteiger partial charge in [-0.1, -0.05) is 78.2 Å². The molecule has 3 aromatic rings. The average molecular weight is 505 g/mol. The van der Waals surface area contributed by atoms with Gasteiger partial charge in [-0.25, -0.2) is 8.42 Å². The molecule has 33 heavy (non-hydrogen) atoms. The number of nitrogens with zero attached hydrogens (tertiary/aromatic N) is 1. The summed E-state index contributed by atoms with van der Waals surface area (Å²) in [5, 5.41) is 3.14. The van der Waals surface area contributed by atoms with Crippen molar-refractivity contribution in [2.24, 2.45) is 0 Å². The molecule has 0 heterocycles. The molecule has 5 nitrogen and oxygen atoms in total. The van der Waals surface area contributed by atoms with Crippen LogP contribution in [0.1, 0.15) is 36.6 Å². The lowest BCUT2D eigenvalue weighted by Gasteiger charge is -2.26. The van der Waals surface area contributed by atoms with Crippen molar-refractivity contribution in [1.82, 2.24) is 5.32 Å². The van der Waals surface area contributed by atoms with E-state index in [4.69, 9.17) is 23.2 Å². The van der Waals surface area contributed by atoms with Crippen molar-refractivity contribution in [1.29, 1.82) is 0 Å². The molecule has 3 aromatic carbocycles. The molecule has 8 heteroatoms. The van der Waals surface area contributed by atoms with E-state index in [2.05, 4.69) is 12.2 Å². The fourth-order valence-corrected chi connectivity index (χ4v) is 5.25. The Morgan fingerprint density at radius 2 is 1.64 bits per heavy atom. The zero-order valence-electron chi connectivity index (χ0n) is 18.7. The van der Waals surface area contributed by atoms with Crippen LogP contribution in [0.4, 0.5) is 5.69 Å². The first-order chi connectivity index (χ1) is 15.6. The molecule has 0 saturated carbocycles. The van der Waals surface area contributed by atoms with Crippen molar-refractivity contribution in [3.63, 3.8) is 0 Å². The van der Waals surface area contributed by atoms with Crippen LogP contribution in [-0.4, -0.2) is 20.9 Å². The number of halogens is 2. The Hall–Kier alpha value is -2.54. The number of hydrogen-bond donors (Lipinski definition) is 1. The van der Waals surface area contributed by atoms with Crippen molar-refractivity contribution in [2.45, 2.75) is 38.1 Å². The number of nitrogens with one attached hydrogen (secondary N) is 1. The Balaban J connectivity index is 1.91. The Labute approximate surface area is 205 Å². The largest absolute Gasteiger partial charge is 0.348 e. The molecular formula is C25H26Cl2N2O3S. The minimum atomic E-state index is -4.09. The maximum absolute atomic E-state index is 13.5. The third-order valence-electron chi connectivity index (χ3n) is 5.36. The Morgan fingerprint density at radius 1 is 1.00 bits per heavy atom. The molecule has 1 atom stereocenters. The first kappa shape index (κ1) is 25.1. The number of sulfonamides is 1. The fourth-order valence-electron chi connectivity index (χ4n) is 3.37. The van der Waals surface area contributed by atoms with Gasteiger partial charge in [0, 0.05) is 0 Å². The van der Waals surface area contributed by atoms with Gasteiger partial charge >= 0.3 is 0 Å². The van der Waals surface area contributed by atoms with E-state index in [1.165, 1.54) is 23.8 Å². The summed E-state index contributed by atoms with van der Waals surface area (Å²) in [6, 6.07) is 18.7. The molecule has 0 aliphatic rings. The second-order valence-electron chi connectivity index (χ2n) is 7.78. The van der Waals surface area contributed by atoms with Crippen molar-refractivity contribution in [3.05, 3.63) is 93.5 Å². The summed E-state index contributed by atoms with van der Waals surface area (Å²) in [6.45, 7) is 5.34. The highest BCUT2D eigenvalue weighted by atomic mass is 35.5. The maximum atomic E-state index is 13.5. The number of carbonyl (C=O) groups excluding carboxylic acids is 1. The summed E-state index contributed by atoms with van der Waals surface area (Å²) in [5.41, 5.74) is 3.18. The first-order valence-corrected chi connectivity index (χ1v) is 12.7. The van der Waals surface area contributed by atoms with Crippen molar-refractivity contribution in [3.8, 4) is 0 Å². The van der Waals surface area contributed by atoms with Crippen molar-refractivity contribution in [2.75, 3.05) is 10.8 Å². The van der Waals surface area contributed by atoms with E-state index < -0.39 is 22.5 Å². The quantitative estimate of drug-likeness (QED) is 0.412. The first-order valence-electron chi connectivity index (χ1n) is 10.5. The number of benzene rings is 3. The molecule has 0 fully saturated rings. The second-order valence-corrected chi connectivity index (χ2v) is 10.4. The third-order valence-corrected chi connectivity index (χ3v) is 7.94. The highest BCUT2D eigenvalue weighted by Crippen LogP contribution is 2.35. The number of rotatable bonds is 8. The van der Waals surface area contributed by atoms with Crippen LogP contribution < -0.4 is 9.62 Å². The van der Waals surface area contributed by atoms with Gasteiger partial charge in [0.25, 0.3) is 10.0 Å². The van der Waals surface area contributed by atoms with Gasteiger partial charge in [-0.3, -0.25) is 9.10 Å². The second kappa shape index (κ2) is 10.6. The molecule has 3 rings (SSSR count). The predicted molar refractivity (Wildman–Crippen MR) is 135 cm³/mol. The lowest BCUT2D eigenvalue weighted by atomic mass is 10.1. The van der Waals surface area contributed by atoms with Gasteiger partial charge < -0.3 is 5.32 Å². The van der Waals surface area contributed by atoms with E-state index in [1.54, 1.807) is 24.3 Å². The number of aryl methyl sites for hydroxylation is 2. The molecule has 0 radical (unpaired) electrons. The van der Waals surface area contributed by atoms with E-state index in [0.29, 0.717) is 0 Å². The summed E-state index contributed by atoms with van der Waals surface area (Å²) >= 11 is 12.5. The predicted octanol–water partition coefficient (Wildman–Crippen LogP) is 5.94. The molecule has 0 aromatic heterocycles. The fraction of sp³-hybridized carbons (Fsp3) is 0.240. The summed E-state index contributed by atoms with van der Waals surface area (Å²) in [6.07, 6.45) is 0.924. The number of amides is 1. The minimum absolute atomic E-state index is 0.0557. The molecule has 174 valence electrons. The smallest absolute Gasteiger partial charge is 0.264 e. The van der Waals surface area contributed by atoms with Gasteiger partial charge in [0.1, 0.15) is 6.54 Å². The zero-order valence-corrected chi connectivity index (χ0v) is 21.0. The Bertz CT molecular complexity index is 1230. The normalized spacial score (nSPS) is 12.3. The SMILES string of the molecule is CCc1ccc([C@@H](C)NC(=O)CN(c2cccc(Cl)c2Cl)S(=O)(=O)c2ccc(C)cc2)cc1. The van der Waals surface area contributed by atoms with Gasteiger partial charge in [0.05, 0.1) is 26.7 Å². The van der Waals surface area contributed by atoms with E-state index in [-0.39, 0.29) is 26.7 Å². The molecule has 0 bridgehead atoms. The summed E-state index contributed by atoms with van der Waals surface area (Å²) in [5.74, 6) is -0.464. The van der Waals surface area contributed by atoms with Crippen LogP contribution in [0.25, 0.3) is 0 Å². The minimum Gasteiger partial charge on any atom is -0.348 e. The molecule has 0 aliphatic heterocycles. The Kier molecular flexibility index (Phi) is 8.05. The topological polar surface area (TPSA) is 66.5 Å². The highest BCUT2D eigenvalue weighted by Gasteiger charge is 2.29. The van der Waals surface area contributed by atoms with Crippen molar-refractivity contribution < 1.29 is 13.2 Å². The standard InChI is InChI=1S/C25H26Cl2N2O3S/c1-4-19-10-12-20(13-11-19)18(3)28-24(30)16-29(23-7-5-6-22(26)25(23)27)33(31,32)21-14-8-17(2)9-15-21/h5-15,18H,4,16H2,1-3H3,(H,28,30)/t18-/m1/s1. The van der Waals surface area contributed by atoms with Gasteiger partial charge in [0.2, 0.25) is 5.91 Å². The lowest BCUT2D eigenvalue weighted by molar-refractivity contribution is -0.120. The van der Waals surface area contributed by atoms with Crippen LogP contribution in [0.15, 0.2) is 71.6 Å². The number of carbonyl (C=O) groups is 1. The molecule has 1 N–H and O–H groups in total. The molecule has 0 spiro atoms. The zero-order chi connectivity index (χ0) is 24.2. The van der Waals surface area contributed by atoms with Gasteiger partial charge in [0.15, 0.2) is 0 Å². The Morgan fingerprint density at radius 3 is 2.24 bits per heavy atom. The maximum Gasteiger partial charge on any atom is 0.264 e. The van der Waals surface area contributed by atoms with Gasteiger partial charge in [-0.05, 0) is 55.7 Å². The summed E-state index contributed by atoms with van der Waals surface area (Å²) < 4.78 is 28.0. The summed E-state index contributed by atoms with van der Waals surface area (Å²) in [7, 11) is -4.09. The van der Waals surface area contributed by atoms with Crippen LogP contribution in [0.3, 0.4) is 0 Å². The molecule has 1 amide bonds. The van der Waals surface area contributed by atoms with Crippen molar-refractivity contribution >= 4 is 44.8 Å². The van der Waals surface area contributed by atoms with E-state index >= 15 is 0 Å². The van der Waals surface area contributed by atoms with Gasteiger partial charge in [-0.15, -0.1) is 0 Å².